The molecule has 16 heavy (non-hydrogen) atoms. The van der Waals surface area contributed by atoms with E-state index in [0.717, 1.165) is 5.56 Å². The highest BCUT2D eigenvalue weighted by molar-refractivity contribution is 7.10. The molecule has 84 valence electrons. The maximum absolute atomic E-state index is 12.8. The lowest BCUT2D eigenvalue weighted by atomic mass is 9.94. The van der Waals surface area contributed by atoms with Crippen molar-refractivity contribution in [2.24, 2.45) is 0 Å². The van der Waals surface area contributed by atoms with Crippen LogP contribution < -0.4 is 0 Å². The van der Waals surface area contributed by atoms with Crippen LogP contribution >= 0.6 is 11.3 Å². The van der Waals surface area contributed by atoms with E-state index in [2.05, 4.69) is 0 Å². The standard InChI is InChI=1S/C13H13FOS/c14-11-5-3-10(4-6-11)12(7-8-15)13-2-1-9-16-13/h1-6,9,12,15H,7-8H2. The van der Waals surface area contributed by atoms with Gasteiger partial charge in [0.15, 0.2) is 0 Å². The van der Waals surface area contributed by atoms with Crippen LogP contribution in [0.3, 0.4) is 0 Å². The van der Waals surface area contributed by atoms with Crippen LogP contribution in [0.5, 0.6) is 0 Å². The first-order chi connectivity index (χ1) is 7.81. The van der Waals surface area contributed by atoms with E-state index in [0.29, 0.717) is 6.42 Å². The number of rotatable bonds is 4. The Kier molecular flexibility index (Phi) is 3.70. The first-order valence-electron chi connectivity index (χ1n) is 5.21. The van der Waals surface area contributed by atoms with Crippen molar-refractivity contribution in [3.05, 3.63) is 58.0 Å². The Morgan fingerprint density at radius 3 is 2.50 bits per heavy atom. The van der Waals surface area contributed by atoms with E-state index in [1.165, 1.54) is 17.0 Å². The van der Waals surface area contributed by atoms with E-state index >= 15 is 0 Å². The summed E-state index contributed by atoms with van der Waals surface area (Å²) in [5.41, 5.74) is 1.05. The molecule has 0 aliphatic rings. The first-order valence-corrected chi connectivity index (χ1v) is 6.09. The van der Waals surface area contributed by atoms with Gasteiger partial charge in [-0.2, -0.15) is 0 Å². The van der Waals surface area contributed by atoms with E-state index in [9.17, 15) is 4.39 Å². The smallest absolute Gasteiger partial charge is 0.123 e. The number of hydrogen-bond acceptors (Lipinski definition) is 2. The highest BCUT2D eigenvalue weighted by Gasteiger charge is 2.14. The largest absolute Gasteiger partial charge is 0.396 e. The minimum absolute atomic E-state index is 0.139. The topological polar surface area (TPSA) is 20.2 Å². The minimum Gasteiger partial charge on any atom is -0.396 e. The zero-order valence-corrected chi connectivity index (χ0v) is 9.58. The molecule has 1 heterocycles. The van der Waals surface area contributed by atoms with Crippen LogP contribution in [-0.4, -0.2) is 11.7 Å². The molecule has 2 rings (SSSR count). The summed E-state index contributed by atoms with van der Waals surface area (Å²) in [4.78, 5) is 1.21. The van der Waals surface area contributed by atoms with Gasteiger partial charge in [-0.05, 0) is 35.6 Å². The van der Waals surface area contributed by atoms with Gasteiger partial charge in [-0.25, -0.2) is 4.39 Å². The molecule has 1 aromatic carbocycles. The Morgan fingerprint density at radius 1 is 1.19 bits per heavy atom. The Morgan fingerprint density at radius 2 is 1.94 bits per heavy atom. The molecule has 0 saturated heterocycles. The Bertz CT molecular complexity index is 422. The molecule has 1 nitrogen and oxygen atoms in total. The Labute approximate surface area is 98.2 Å². The SMILES string of the molecule is OCCC(c1ccc(F)cc1)c1cccs1. The Hall–Kier alpha value is -1.19. The highest BCUT2D eigenvalue weighted by atomic mass is 32.1. The van der Waals surface area contributed by atoms with Gasteiger partial charge in [0, 0.05) is 17.4 Å². The summed E-state index contributed by atoms with van der Waals surface area (Å²) in [5.74, 6) is -0.0525. The van der Waals surface area contributed by atoms with Crippen LogP contribution in [0.1, 0.15) is 22.8 Å². The molecule has 0 saturated carbocycles. The fourth-order valence-corrected chi connectivity index (χ4v) is 2.68. The van der Waals surface area contributed by atoms with Gasteiger partial charge in [0.1, 0.15) is 5.82 Å². The van der Waals surface area contributed by atoms with Crippen molar-refractivity contribution >= 4 is 11.3 Å². The summed E-state index contributed by atoms with van der Waals surface area (Å²) in [6.07, 6.45) is 0.673. The average molecular weight is 236 g/mol. The van der Waals surface area contributed by atoms with E-state index < -0.39 is 0 Å². The zero-order valence-electron chi connectivity index (χ0n) is 8.77. The van der Waals surface area contributed by atoms with Gasteiger partial charge >= 0.3 is 0 Å². The molecule has 0 spiro atoms. The third-order valence-corrected chi connectivity index (χ3v) is 3.56. The van der Waals surface area contributed by atoms with Crippen LogP contribution in [0.2, 0.25) is 0 Å². The van der Waals surface area contributed by atoms with Crippen molar-refractivity contribution in [2.75, 3.05) is 6.61 Å². The number of aliphatic hydroxyl groups is 1. The molecule has 1 unspecified atom stereocenters. The predicted molar refractivity (Wildman–Crippen MR) is 64.3 cm³/mol. The molecular weight excluding hydrogens is 223 g/mol. The fourth-order valence-electron chi connectivity index (χ4n) is 1.79. The molecule has 1 aromatic heterocycles. The van der Waals surface area contributed by atoms with Gasteiger partial charge < -0.3 is 5.11 Å². The lowest BCUT2D eigenvalue weighted by molar-refractivity contribution is 0.282. The van der Waals surface area contributed by atoms with Crippen molar-refractivity contribution < 1.29 is 9.50 Å². The summed E-state index contributed by atoms with van der Waals surface area (Å²) >= 11 is 1.67. The molecule has 0 aliphatic carbocycles. The fraction of sp³-hybridized carbons (Fsp3) is 0.231. The van der Waals surface area contributed by atoms with Gasteiger partial charge in [0.05, 0.1) is 0 Å². The monoisotopic (exact) mass is 236 g/mol. The van der Waals surface area contributed by atoms with Gasteiger partial charge in [-0.1, -0.05) is 18.2 Å². The predicted octanol–water partition coefficient (Wildman–Crippen LogP) is 3.40. The molecule has 0 aliphatic heterocycles. The molecule has 0 bridgehead atoms. The van der Waals surface area contributed by atoms with Crippen LogP contribution in [0.4, 0.5) is 4.39 Å². The summed E-state index contributed by atoms with van der Waals surface area (Å²) in [6.45, 7) is 0.139. The quantitative estimate of drug-likeness (QED) is 0.862. The van der Waals surface area contributed by atoms with E-state index in [-0.39, 0.29) is 18.3 Å². The second-order valence-corrected chi connectivity index (χ2v) is 4.61. The summed E-state index contributed by atoms with van der Waals surface area (Å²) < 4.78 is 12.8. The van der Waals surface area contributed by atoms with Crippen LogP contribution in [0.15, 0.2) is 41.8 Å². The lowest BCUT2D eigenvalue weighted by Crippen LogP contribution is -2.01. The number of aliphatic hydroxyl groups excluding tert-OH is 1. The molecule has 1 N–H and O–H groups in total. The molecule has 0 radical (unpaired) electrons. The minimum atomic E-state index is -0.224. The van der Waals surface area contributed by atoms with Gasteiger partial charge in [-0.3, -0.25) is 0 Å². The van der Waals surface area contributed by atoms with E-state index in [1.54, 1.807) is 23.5 Å². The number of halogens is 1. The van der Waals surface area contributed by atoms with Gasteiger partial charge in [0.25, 0.3) is 0 Å². The second kappa shape index (κ2) is 5.23. The summed E-state index contributed by atoms with van der Waals surface area (Å²) in [5, 5.41) is 11.1. The molecular formula is C13H13FOS. The molecule has 0 amide bonds. The van der Waals surface area contributed by atoms with Crippen molar-refractivity contribution in [3.8, 4) is 0 Å². The Balaban J connectivity index is 2.29. The van der Waals surface area contributed by atoms with Crippen molar-refractivity contribution in [3.63, 3.8) is 0 Å². The first kappa shape index (κ1) is 11.3. The molecule has 0 fully saturated rings. The van der Waals surface area contributed by atoms with Gasteiger partial charge in [0.2, 0.25) is 0 Å². The van der Waals surface area contributed by atoms with Crippen molar-refractivity contribution in [1.82, 2.24) is 0 Å². The highest BCUT2D eigenvalue weighted by Crippen LogP contribution is 2.30. The van der Waals surface area contributed by atoms with Crippen LogP contribution in [0, 0.1) is 5.82 Å². The maximum atomic E-state index is 12.8. The van der Waals surface area contributed by atoms with E-state index in [4.69, 9.17) is 5.11 Å². The number of hydrogen-bond donors (Lipinski definition) is 1. The third kappa shape index (κ3) is 2.49. The van der Waals surface area contributed by atoms with Crippen LogP contribution in [0.25, 0.3) is 0 Å². The molecule has 3 heteroatoms. The lowest BCUT2D eigenvalue weighted by Gasteiger charge is -2.14. The maximum Gasteiger partial charge on any atom is 0.123 e. The van der Waals surface area contributed by atoms with Gasteiger partial charge in [-0.15, -0.1) is 11.3 Å². The zero-order chi connectivity index (χ0) is 11.4. The summed E-state index contributed by atoms with van der Waals surface area (Å²) in [7, 11) is 0. The van der Waals surface area contributed by atoms with Crippen molar-refractivity contribution in [2.45, 2.75) is 12.3 Å². The number of thiophene rings is 1. The normalized spacial score (nSPS) is 12.6. The molecule has 2 aromatic rings. The van der Waals surface area contributed by atoms with E-state index in [1.807, 2.05) is 17.5 Å². The van der Waals surface area contributed by atoms with Crippen LogP contribution in [-0.2, 0) is 0 Å². The summed E-state index contributed by atoms with van der Waals surface area (Å²) in [6, 6.07) is 10.5. The third-order valence-electron chi connectivity index (χ3n) is 2.58. The molecule has 1 atom stereocenters. The second-order valence-electron chi connectivity index (χ2n) is 3.63. The number of benzene rings is 1. The average Bonchev–Trinajstić information content (AvgIpc) is 2.81. The van der Waals surface area contributed by atoms with Crippen molar-refractivity contribution in [1.29, 1.82) is 0 Å².